The fourth-order valence-electron chi connectivity index (χ4n) is 1.46. The van der Waals surface area contributed by atoms with E-state index in [0.717, 1.165) is 30.7 Å². The van der Waals surface area contributed by atoms with E-state index in [4.69, 9.17) is 17.3 Å². The van der Waals surface area contributed by atoms with Gasteiger partial charge in [-0.1, -0.05) is 30.2 Å². The number of aryl methyl sites for hydroxylation is 1. The molecule has 0 saturated heterocycles. The second kappa shape index (κ2) is 6.46. The quantitative estimate of drug-likeness (QED) is 0.744. The van der Waals surface area contributed by atoms with E-state index >= 15 is 0 Å². The molecular weight excluding hydrogens is 210 g/mol. The minimum absolute atomic E-state index is 0.207. The number of benzene rings is 1. The predicted molar refractivity (Wildman–Crippen MR) is 62.8 cm³/mol. The smallest absolute Gasteiger partial charge is 0.217 e. The Morgan fingerprint density at radius 2 is 1.80 bits per heavy atom. The van der Waals surface area contributed by atoms with Gasteiger partial charge in [0.25, 0.3) is 0 Å². The lowest BCUT2D eigenvalue weighted by atomic mass is 10.1. The number of amides is 1. The molecule has 1 aromatic carbocycles. The number of hydrogen-bond donors (Lipinski definition) is 1. The molecule has 1 amide bonds. The Balaban J connectivity index is 2.15. The number of nitrogens with two attached hydrogens (primary N) is 1. The van der Waals surface area contributed by atoms with Gasteiger partial charge < -0.3 is 5.73 Å². The average molecular weight is 226 g/mol. The summed E-state index contributed by atoms with van der Waals surface area (Å²) >= 11 is 5.78. The Morgan fingerprint density at radius 1 is 1.13 bits per heavy atom. The van der Waals surface area contributed by atoms with Crippen LogP contribution in [0.3, 0.4) is 0 Å². The number of halogens is 1. The van der Waals surface area contributed by atoms with Gasteiger partial charge in [-0.05, 0) is 37.0 Å². The number of carbonyl (C=O) groups is 1. The number of primary amides is 1. The van der Waals surface area contributed by atoms with Gasteiger partial charge in [0, 0.05) is 11.4 Å². The molecule has 0 heterocycles. The zero-order chi connectivity index (χ0) is 11.1. The second-order valence-corrected chi connectivity index (χ2v) is 4.09. The van der Waals surface area contributed by atoms with Gasteiger partial charge in [-0.2, -0.15) is 0 Å². The largest absolute Gasteiger partial charge is 0.370 e. The molecule has 15 heavy (non-hydrogen) atoms. The molecule has 2 nitrogen and oxygen atoms in total. The molecule has 0 aliphatic heterocycles. The molecule has 0 bridgehead atoms. The van der Waals surface area contributed by atoms with Crippen molar-refractivity contribution in [2.24, 2.45) is 5.73 Å². The third kappa shape index (κ3) is 5.43. The van der Waals surface area contributed by atoms with Crippen LogP contribution in [0, 0.1) is 0 Å². The van der Waals surface area contributed by atoms with Crippen LogP contribution in [-0.2, 0) is 11.2 Å². The van der Waals surface area contributed by atoms with Gasteiger partial charge in [-0.25, -0.2) is 0 Å². The third-order valence-corrected chi connectivity index (χ3v) is 2.55. The minimum atomic E-state index is -0.207. The summed E-state index contributed by atoms with van der Waals surface area (Å²) in [6.45, 7) is 0. The summed E-state index contributed by atoms with van der Waals surface area (Å²) in [7, 11) is 0. The summed E-state index contributed by atoms with van der Waals surface area (Å²) in [6.07, 6.45) is 4.57. The van der Waals surface area contributed by atoms with E-state index in [9.17, 15) is 4.79 Å². The molecule has 0 aliphatic rings. The SMILES string of the molecule is NC(=O)CCCCCc1ccc(Cl)cc1. The van der Waals surface area contributed by atoms with Gasteiger partial charge in [-0.3, -0.25) is 4.79 Å². The summed E-state index contributed by atoms with van der Waals surface area (Å²) in [5, 5.41) is 0.771. The highest BCUT2D eigenvalue weighted by Crippen LogP contribution is 2.12. The van der Waals surface area contributed by atoms with E-state index in [1.165, 1.54) is 5.56 Å². The predicted octanol–water partition coefficient (Wildman–Crippen LogP) is 2.93. The van der Waals surface area contributed by atoms with E-state index in [1.807, 2.05) is 24.3 Å². The molecule has 3 heteroatoms. The standard InChI is InChI=1S/C12H16ClNO/c13-11-8-6-10(7-9-11)4-2-1-3-5-12(14)15/h6-9H,1-5H2,(H2,14,15). The van der Waals surface area contributed by atoms with Gasteiger partial charge >= 0.3 is 0 Å². The summed E-state index contributed by atoms with van der Waals surface area (Å²) < 4.78 is 0. The van der Waals surface area contributed by atoms with Gasteiger partial charge in [0.05, 0.1) is 0 Å². The summed E-state index contributed by atoms with van der Waals surface area (Å²) in [5.74, 6) is -0.207. The number of unbranched alkanes of at least 4 members (excludes halogenated alkanes) is 2. The van der Waals surface area contributed by atoms with Crippen molar-refractivity contribution in [3.8, 4) is 0 Å². The van der Waals surface area contributed by atoms with Crippen molar-refractivity contribution >= 4 is 17.5 Å². The van der Waals surface area contributed by atoms with E-state index in [0.29, 0.717) is 6.42 Å². The first-order valence-electron chi connectivity index (χ1n) is 5.21. The van der Waals surface area contributed by atoms with Gasteiger partial charge in [-0.15, -0.1) is 0 Å². The molecule has 0 saturated carbocycles. The Kier molecular flexibility index (Phi) is 5.19. The normalized spacial score (nSPS) is 10.2. The molecule has 0 aromatic heterocycles. The molecule has 82 valence electrons. The number of carbonyl (C=O) groups excluding carboxylic acids is 1. The lowest BCUT2D eigenvalue weighted by molar-refractivity contribution is -0.118. The van der Waals surface area contributed by atoms with Crippen LogP contribution in [0.5, 0.6) is 0 Å². The molecule has 0 atom stereocenters. The Labute approximate surface area is 95.4 Å². The van der Waals surface area contributed by atoms with Crippen molar-refractivity contribution in [3.63, 3.8) is 0 Å². The fourth-order valence-corrected chi connectivity index (χ4v) is 1.58. The van der Waals surface area contributed by atoms with E-state index in [-0.39, 0.29) is 5.91 Å². The van der Waals surface area contributed by atoms with Crippen LogP contribution < -0.4 is 5.73 Å². The highest BCUT2D eigenvalue weighted by atomic mass is 35.5. The van der Waals surface area contributed by atoms with E-state index in [1.54, 1.807) is 0 Å². The lowest BCUT2D eigenvalue weighted by Gasteiger charge is -2.01. The molecule has 0 unspecified atom stereocenters. The first-order chi connectivity index (χ1) is 7.18. The average Bonchev–Trinajstić information content (AvgIpc) is 2.20. The molecule has 0 radical (unpaired) electrons. The van der Waals surface area contributed by atoms with Crippen molar-refractivity contribution in [2.45, 2.75) is 32.1 Å². The van der Waals surface area contributed by atoms with Crippen molar-refractivity contribution in [2.75, 3.05) is 0 Å². The molecule has 0 spiro atoms. The summed E-state index contributed by atoms with van der Waals surface area (Å²) in [4.78, 5) is 10.5. The molecular formula is C12H16ClNO. The maximum Gasteiger partial charge on any atom is 0.217 e. The highest BCUT2D eigenvalue weighted by Gasteiger charge is 1.96. The molecule has 0 fully saturated rings. The maximum absolute atomic E-state index is 10.5. The van der Waals surface area contributed by atoms with Gasteiger partial charge in [0.1, 0.15) is 0 Å². The zero-order valence-electron chi connectivity index (χ0n) is 8.71. The monoisotopic (exact) mass is 225 g/mol. The maximum atomic E-state index is 10.5. The fraction of sp³-hybridized carbons (Fsp3) is 0.417. The number of rotatable bonds is 6. The first-order valence-corrected chi connectivity index (χ1v) is 5.59. The van der Waals surface area contributed by atoms with Crippen LogP contribution >= 0.6 is 11.6 Å². The molecule has 1 rings (SSSR count). The van der Waals surface area contributed by atoms with Crippen molar-refractivity contribution in [3.05, 3.63) is 34.9 Å². The number of hydrogen-bond acceptors (Lipinski definition) is 1. The summed E-state index contributed by atoms with van der Waals surface area (Å²) in [6, 6.07) is 7.88. The van der Waals surface area contributed by atoms with E-state index < -0.39 is 0 Å². The van der Waals surface area contributed by atoms with Crippen LogP contribution in [0.15, 0.2) is 24.3 Å². The first kappa shape index (κ1) is 12.1. The van der Waals surface area contributed by atoms with Crippen molar-refractivity contribution in [1.29, 1.82) is 0 Å². The van der Waals surface area contributed by atoms with Crippen LogP contribution in [0.1, 0.15) is 31.2 Å². The zero-order valence-corrected chi connectivity index (χ0v) is 9.46. The second-order valence-electron chi connectivity index (χ2n) is 3.65. The summed E-state index contributed by atoms with van der Waals surface area (Å²) in [5.41, 5.74) is 6.34. The van der Waals surface area contributed by atoms with Gasteiger partial charge in [0.2, 0.25) is 5.91 Å². The van der Waals surface area contributed by atoms with Crippen molar-refractivity contribution < 1.29 is 4.79 Å². The Bertz CT molecular complexity index is 308. The Morgan fingerprint density at radius 3 is 2.40 bits per heavy atom. The molecule has 1 aromatic rings. The van der Waals surface area contributed by atoms with Crippen LogP contribution in [-0.4, -0.2) is 5.91 Å². The van der Waals surface area contributed by atoms with Crippen LogP contribution in [0.2, 0.25) is 5.02 Å². The highest BCUT2D eigenvalue weighted by molar-refractivity contribution is 6.30. The molecule has 2 N–H and O–H groups in total. The molecule has 0 aliphatic carbocycles. The van der Waals surface area contributed by atoms with Crippen LogP contribution in [0.4, 0.5) is 0 Å². The third-order valence-electron chi connectivity index (χ3n) is 2.30. The lowest BCUT2D eigenvalue weighted by Crippen LogP contribution is -2.09. The van der Waals surface area contributed by atoms with E-state index in [2.05, 4.69) is 0 Å². The Hall–Kier alpha value is -1.02. The van der Waals surface area contributed by atoms with Gasteiger partial charge in [0.15, 0.2) is 0 Å². The van der Waals surface area contributed by atoms with Crippen molar-refractivity contribution in [1.82, 2.24) is 0 Å². The minimum Gasteiger partial charge on any atom is -0.370 e. The topological polar surface area (TPSA) is 43.1 Å². The van der Waals surface area contributed by atoms with Crippen LogP contribution in [0.25, 0.3) is 0 Å².